The monoisotopic (exact) mass is 487 g/mol. The average molecular weight is 488 g/mol. The lowest BCUT2D eigenvalue weighted by Gasteiger charge is -2.07. The van der Waals surface area contributed by atoms with E-state index in [-0.39, 0.29) is 0 Å². The molecule has 0 unspecified atom stereocenters. The first-order valence-corrected chi connectivity index (χ1v) is 12.7. The predicted octanol–water partition coefficient (Wildman–Crippen LogP) is 9.88. The van der Waals surface area contributed by atoms with Crippen molar-refractivity contribution in [1.29, 1.82) is 0 Å². The Morgan fingerprint density at radius 2 is 0.947 bits per heavy atom. The average Bonchev–Trinajstić information content (AvgIpc) is 3.56. The van der Waals surface area contributed by atoms with Crippen LogP contribution < -0.4 is 0 Å². The summed E-state index contributed by atoms with van der Waals surface area (Å²) in [5.41, 5.74) is 10.0. The van der Waals surface area contributed by atoms with Gasteiger partial charge in [-0.2, -0.15) is 0 Å². The maximum atomic E-state index is 6.63. The van der Waals surface area contributed by atoms with E-state index >= 15 is 0 Å². The van der Waals surface area contributed by atoms with Crippen LogP contribution in [0.2, 0.25) is 0 Å². The third-order valence-electron chi connectivity index (χ3n) is 7.39. The molecule has 0 bridgehead atoms. The highest BCUT2D eigenvalue weighted by Gasteiger charge is 2.17. The van der Waals surface area contributed by atoms with Gasteiger partial charge in [-0.15, -0.1) is 0 Å². The summed E-state index contributed by atoms with van der Waals surface area (Å²) >= 11 is 0. The second kappa shape index (κ2) is 8.19. The number of fused-ring (bicyclic) bond motifs is 6. The van der Waals surface area contributed by atoms with Gasteiger partial charge >= 0.3 is 0 Å². The summed E-state index contributed by atoms with van der Waals surface area (Å²) in [4.78, 5) is 4.31. The molecule has 0 fully saturated rings. The molecule has 38 heavy (non-hydrogen) atoms. The van der Waals surface area contributed by atoms with E-state index in [9.17, 15) is 0 Å². The molecule has 5 aromatic carbocycles. The van der Waals surface area contributed by atoms with Crippen molar-refractivity contribution in [3.63, 3.8) is 0 Å². The highest BCUT2D eigenvalue weighted by Crippen LogP contribution is 2.41. The van der Waals surface area contributed by atoms with Crippen molar-refractivity contribution in [3.8, 4) is 33.4 Å². The first-order chi connectivity index (χ1) is 18.8. The first kappa shape index (κ1) is 21.0. The Labute approximate surface area is 218 Å². The van der Waals surface area contributed by atoms with Crippen molar-refractivity contribution < 1.29 is 8.83 Å². The van der Waals surface area contributed by atoms with E-state index in [4.69, 9.17) is 8.83 Å². The van der Waals surface area contributed by atoms with Crippen molar-refractivity contribution >= 4 is 43.9 Å². The van der Waals surface area contributed by atoms with Crippen molar-refractivity contribution in [1.82, 2.24) is 4.98 Å². The molecule has 8 rings (SSSR count). The fourth-order valence-corrected chi connectivity index (χ4v) is 5.63. The van der Waals surface area contributed by atoms with Crippen molar-refractivity contribution in [2.75, 3.05) is 0 Å². The van der Waals surface area contributed by atoms with Crippen LogP contribution in [0.4, 0.5) is 0 Å². The molecule has 178 valence electrons. The maximum absolute atomic E-state index is 6.63. The zero-order valence-electron chi connectivity index (χ0n) is 20.4. The lowest BCUT2D eigenvalue weighted by molar-refractivity contribution is 0.670. The smallest absolute Gasteiger partial charge is 0.143 e. The maximum Gasteiger partial charge on any atom is 0.143 e. The molecular formula is C35H21NO2. The number of rotatable bonds is 3. The van der Waals surface area contributed by atoms with Gasteiger partial charge in [0.15, 0.2) is 0 Å². The van der Waals surface area contributed by atoms with Gasteiger partial charge in [0, 0.05) is 56.2 Å². The van der Waals surface area contributed by atoms with E-state index in [0.29, 0.717) is 0 Å². The molecule has 0 aliphatic carbocycles. The van der Waals surface area contributed by atoms with E-state index in [1.165, 1.54) is 0 Å². The minimum Gasteiger partial charge on any atom is -0.455 e. The van der Waals surface area contributed by atoms with E-state index in [1.807, 2.05) is 24.4 Å². The SMILES string of the molecule is c1cncc(-c2cccc3c2oc2c(-c4cccc(-c5cccc6c5oc5ccccc56)c4)cccc23)c1. The van der Waals surface area contributed by atoms with Crippen molar-refractivity contribution in [2.24, 2.45) is 0 Å². The van der Waals surface area contributed by atoms with E-state index in [1.54, 1.807) is 6.20 Å². The molecule has 3 nitrogen and oxygen atoms in total. The Balaban J connectivity index is 1.33. The summed E-state index contributed by atoms with van der Waals surface area (Å²) in [6, 6.07) is 39.9. The summed E-state index contributed by atoms with van der Waals surface area (Å²) in [6.45, 7) is 0. The number of benzene rings is 5. The molecule has 8 aromatic rings. The van der Waals surface area contributed by atoms with Crippen LogP contribution in [-0.2, 0) is 0 Å². The number of furan rings is 2. The van der Waals surface area contributed by atoms with E-state index < -0.39 is 0 Å². The third-order valence-corrected chi connectivity index (χ3v) is 7.39. The Bertz CT molecular complexity index is 2130. The molecule has 0 saturated carbocycles. The Morgan fingerprint density at radius 3 is 1.61 bits per heavy atom. The van der Waals surface area contributed by atoms with Gasteiger partial charge < -0.3 is 8.83 Å². The number of para-hydroxylation sites is 4. The number of aromatic nitrogens is 1. The lowest BCUT2D eigenvalue weighted by atomic mass is 9.96. The van der Waals surface area contributed by atoms with Gasteiger partial charge in [0.2, 0.25) is 0 Å². The minimum absolute atomic E-state index is 0.881. The van der Waals surface area contributed by atoms with Gasteiger partial charge in [-0.1, -0.05) is 97.1 Å². The Morgan fingerprint density at radius 1 is 0.421 bits per heavy atom. The van der Waals surface area contributed by atoms with Crippen LogP contribution in [0.25, 0.3) is 77.3 Å². The molecule has 0 radical (unpaired) electrons. The normalized spacial score (nSPS) is 11.7. The highest BCUT2D eigenvalue weighted by molar-refractivity contribution is 6.13. The molecule has 0 spiro atoms. The number of hydrogen-bond donors (Lipinski definition) is 0. The molecule has 0 saturated heterocycles. The van der Waals surface area contributed by atoms with Crippen LogP contribution in [0.1, 0.15) is 0 Å². The standard InChI is InChI=1S/C35H21NO2/c1-2-18-32-28(11-1)29-15-4-12-25(33(29)37-32)22-8-3-9-23(20-22)26-13-5-16-30-31-17-6-14-27(35(31)38-34(26)30)24-10-7-19-36-21-24/h1-21H. The van der Waals surface area contributed by atoms with E-state index in [2.05, 4.69) is 102 Å². The summed E-state index contributed by atoms with van der Waals surface area (Å²) in [5, 5.41) is 4.47. The lowest BCUT2D eigenvalue weighted by Crippen LogP contribution is -1.83. The van der Waals surface area contributed by atoms with E-state index in [0.717, 1.165) is 77.3 Å². The van der Waals surface area contributed by atoms with Crippen LogP contribution >= 0.6 is 0 Å². The second-order valence-electron chi connectivity index (χ2n) is 9.57. The second-order valence-corrected chi connectivity index (χ2v) is 9.57. The Kier molecular flexibility index (Phi) is 4.52. The number of nitrogens with zero attached hydrogens (tertiary/aromatic N) is 1. The zero-order valence-corrected chi connectivity index (χ0v) is 20.4. The number of hydrogen-bond acceptors (Lipinski definition) is 3. The van der Waals surface area contributed by atoms with Gasteiger partial charge in [-0.05, 0) is 29.3 Å². The zero-order chi connectivity index (χ0) is 25.1. The number of pyridine rings is 1. The largest absolute Gasteiger partial charge is 0.455 e. The summed E-state index contributed by atoms with van der Waals surface area (Å²) in [6.07, 6.45) is 3.67. The highest BCUT2D eigenvalue weighted by atomic mass is 16.3. The van der Waals surface area contributed by atoms with Crippen LogP contribution in [0, 0.1) is 0 Å². The molecule has 3 heterocycles. The van der Waals surface area contributed by atoms with Crippen LogP contribution in [0.15, 0.2) is 136 Å². The van der Waals surface area contributed by atoms with Gasteiger partial charge in [0.05, 0.1) is 0 Å². The van der Waals surface area contributed by atoms with Gasteiger partial charge in [0.25, 0.3) is 0 Å². The Hall–Kier alpha value is -5.15. The fraction of sp³-hybridized carbons (Fsp3) is 0. The molecule has 0 atom stereocenters. The summed E-state index contributed by atoms with van der Waals surface area (Å²) in [7, 11) is 0. The minimum atomic E-state index is 0.881. The fourth-order valence-electron chi connectivity index (χ4n) is 5.63. The van der Waals surface area contributed by atoms with Crippen molar-refractivity contribution in [3.05, 3.63) is 128 Å². The summed E-state index contributed by atoms with van der Waals surface area (Å²) in [5.74, 6) is 0. The molecular weight excluding hydrogens is 466 g/mol. The van der Waals surface area contributed by atoms with Crippen LogP contribution in [-0.4, -0.2) is 4.98 Å². The predicted molar refractivity (Wildman–Crippen MR) is 155 cm³/mol. The van der Waals surface area contributed by atoms with Gasteiger partial charge in [0.1, 0.15) is 22.3 Å². The molecule has 3 aromatic heterocycles. The van der Waals surface area contributed by atoms with Crippen molar-refractivity contribution in [2.45, 2.75) is 0 Å². The first-order valence-electron chi connectivity index (χ1n) is 12.7. The molecule has 0 amide bonds. The van der Waals surface area contributed by atoms with Crippen LogP contribution in [0.5, 0.6) is 0 Å². The quantitative estimate of drug-likeness (QED) is 0.249. The third kappa shape index (κ3) is 3.12. The topological polar surface area (TPSA) is 39.2 Å². The molecule has 0 aliphatic rings. The van der Waals surface area contributed by atoms with Gasteiger partial charge in [-0.25, -0.2) is 0 Å². The van der Waals surface area contributed by atoms with Gasteiger partial charge in [-0.3, -0.25) is 4.98 Å². The van der Waals surface area contributed by atoms with Crippen LogP contribution in [0.3, 0.4) is 0 Å². The summed E-state index contributed by atoms with van der Waals surface area (Å²) < 4.78 is 13.0. The molecule has 0 aliphatic heterocycles. The molecule has 3 heteroatoms. The molecule has 0 N–H and O–H groups in total.